The van der Waals surface area contributed by atoms with E-state index in [-0.39, 0.29) is 12.6 Å². The Morgan fingerprint density at radius 3 is 3.00 bits per heavy atom. The normalized spacial score (nSPS) is 12.8. The number of hydrogen-bond donors (Lipinski definition) is 1. The van der Waals surface area contributed by atoms with Crippen LogP contribution in [0.25, 0.3) is 0 Å². The topological polar surface area (TPSA) is 90.5 Å². The minimum absolute atomic E-state index is 0.00345. The highest BCUT2D eigenvalue weighted by atomic mass is 16.6. The van der Waals surface area contributed by atoms with Crippen molar-refractivity contribution in [2.75, 3.05) is 33.5 Å². The summed E-state index contributed by atoms with van der Waals surface area (Å²) in [5.74, 6) is 0.0413. The van der Waals surface area contributed by atoms with Crippen LogP contribution >= 0.6 is 0 Å². The van der Waals surface area contributed by atoms with Crippen LogP contribution in [0.4, 0.5) is 0 Å². The minimum atomic E-state index is -0.652. The van der Waals surface area contributed by atoms with Crippen LogP contribution in [0, 0.1) is 0 Å². The summed E-state index contributed by atoms with van der Waals surface area (Å²) in [5.41, 5.74) is 0. The summed E-state index contributed by atoms with van der Waals surface area (Å²) in [5, 5.41) is 8.50. The number of carbonyl (C=O) groups is 1. The molecule has 0 bridgehead atoms. The number of ether oxygens (including phenoxy) is 3. The third-order valence-electron chi connectivity index (χ3n) is 2.31. The molecule has 0 unspecified atom stereocenters. The van der Waals surface area contributed by atoms with Crippen LogP contribution in [0.3, 0.4) is 0 Å². The van der Waals surface area contributed by atoms with E-state index in [1.165, 1.54) is 19.4 Å². The second-order valence-corrected chi connectivity index (χ2v) is 3.83. The standard InChI is InChI=1S/C13H19NO6/c1-10(17-2)13(16)20-12-4-3-11(19-12)9-14-5-7-18-8-6-15/h3-4,9-10,15H,5-8H2,1-2H3/t10-/m0/s1. The van der Waals surface area contributed by atoms with E-state index in [9.17, 15) is 4.79 Å². The second kappa shape index (κ2) is 9.24. The van der Waals surface area contributed by atoms with Gasteiger partial charge in [-0.2, -0.15) is 0 Å². The van der Waals surface area contributed by atoms with E-state index in [1.807, 2.05) is 0 Å². The van der Waals surface area contributed by atoms with E-state index in [1.54, 1.807) is 13.0 Å². The number of furan rings is 1. The molecule has 0 fully saturated rings. The molecule has 7 heteroatoms. The van der Waals surface area contributed by atoms with Crippen molar-refractivity contribution in [2.24, 2.45) is 4.99 Å². The molecule has 1 aromatic heterocycles. The molecule has 1 heterocycles. The number of nitrogens with zero attached hydrogens (tertiary/aromatic N) is 1. The first-order chi connectivity index (χ1) is 9.67. The van der Waals surface area contributed by atoms with Gasteiger partial charge in [-0.15, -0.1) is 0 Å². The molecule has 0 radical (unpaired) electrons. The summed E-state index contributed by atoms with van der Waals surface area (Å²) in [7, 11) is 1.42. The van der Waals surface area contributed by atoms with Gasteiger partial charge in [-0.3, -0.25) is 4.99 Å². The Morgan fingerprint density at radius 2 is 2.30 bits per heavy atom. The molecule has 0 aliphatic heterocycles. The monoisotopic (exact) mass is 285 g/mol. The van der Waals surface area contributed by atoms with Crippen LogP contribution in [0.2, 0.25) is 0 Å². The minimum Gasteiger partial charge on any atom is -0.424 e. The Balaban J connectivity index is 2.35. The van der Waals surface area contributed by atoms with Gasteiger partial charge < -0.3 is 23.7 Å². The number of carbonyl (C=O) groups excluding carboxylic acids is 1. The van der Waals surface area contributed by atoms with Crippen molar-refractivity contribution in [1.29, 1.82) is 0 Å². The van der Waals surface area contributed by atoms with E-state index < -0.39 is 12.1 Å². The molecule has 0 amide bonds. The molecule has 0 spiro atoms. The van der Waals surface area contributed by atoms with Gasteiger partial charge in [0.15, 0.2) is 6.10 Å². The Labute approximate surface area is 117 Å². The molecule has 1 aromatic rings. The zero-order chi connectivity index (χ0) is 14.8. The van der Waals surface area contributed by atoms with Crippen LogP contribution in [0.1, 0.15) is 12.7 Å². The van der Waals surface area contributed by atoms with Gasteiger partial charge in [0.25, 0.3) is 5.95 Å². The SMILES string of the molecule is CO[C@@H](C)C(=O)Oc1ccc(C=NCCOCCO)o1. The number of aliphatic hydroxyl groups is 1. The molecule has 0 saturated carbocycles. The summed E-state index contributed by atoms with van der Waals surface area (Å²) in [6, 6.07) is 3.17. The third kappa shape index (κ3) is 5.96. The molecule has 0 saturated heterocycles. The van der Waals surface area contributed by atoms with Gasteiger partial charge in [0.2, 0.25) is 0 Å². The van der Waals surface area contributed by atoms with Gasteiger partial charge in [-0.05, 0) is 13.0 Å². The Bertz CT molecular complexity index is 428. The predicted molar refractivity (Wildman–Crippen MR) is 71.2 cm³/mol. The fourth-order valence-corrected chi connectivity index (χ4v) is 1.18. The van der Waals surface area contributed by atoms with Crippen molar-refractivity contribution in [3.8, 4) is 5.95 Å². The third-order valence-corrected chi connectivity index (χ3v) is 2.31. The maximum Gasteiger partial charge on any atom is 0.342 e. The molecule has 0 aromatic carbocycles. The maximum atomic E-state index is 11.4. The smallest absolute Gasteiger partial charge is 0.342 e. The molecule has 1 atom stereocenters. The molecular formula is C13H19NO6. The van der Waals surface area contributed by atoms with Gasteiger partial charge in [0.1, 0.15) is 5.76 Å². The summed E-state index contributed by atoms with van der Waals surface area (Å²) in [6.45, 7) is 2.76. The molecule has 112 valence electrons. The molecule has 1 rings (SSSR count). The zero-order valence-corrected chi connectivity index (χ0v) is 11.6. The van der Waals surface area contributed by atoms with Crippen LogP contribution < -0.4 is 4.74 Å². The zero-order valence-electron chi connectivity index (χ0n) is 11.6. The van der Waals surface area contributed by atoms with E-state index >= 15 is 0 Å². The highest BCUT2D eigenvalue weighted by molar-refractivity contribution is 5.78. The quantitative estimate of drug-likeness (QED) is 0.407. The molecule has 0 aliphatic rings. The Hall–Kier alpha value is -1.70. The largest absolute Gasteiger partial charge is 0.424 e. The van der Waals surface area contributed by atoms with Crippen molar-refractivity contribution in [3.63, 3.8) is 0 Å². The van der Waals surface area contributed by atoms with Gasteiger partial charge in [0, 0.05) is 13.2 Å². The Kier molecular flexibility index (Phi) is 7.56. The van der Waals surface area contributed by atoms with Gasteiger partial charge >= 0.3 is 5.97 Å². The number of aliphatic hydroxyl groups excluding tert-OH is 1. The van der Waals surface area contributed by atoms with Crippen molar-refractivity contribution < 1.29 is 28.5 Å². The lowest BCUT2D eigenvalue weighted by Gasteiger charge is -2.06. The number of methoxy groups -OCH3 is 1. The van der Waals surface area contributed by atoms with E-state index in [0.29, 0.717) is 25.5 Å². The van der Waals surface area contributed by atoms with Gasteiger partial charge in [-0.1, -0.05) is 0 Å². The number of rotatable bonds is 9. The summed E-state index contributed by atoms with van der Waals surface area (Å²) >= 11 is 0. The lowest BCUT2D eigenvalue weighted by Crippen LogP contribution is -2.24. The van der Waals surface area contributed by atoms with Crippen LogP contribution in [0.5, 0.6) is 5.95 Å². The van der Waals surface area contributed by atoms with Gasteiger partial charge in [0.05, 0.1) is 32.6 Å². The van der Waals surface area contributed by atoms with Crippen LogP contribution in [0.15, 0.2) is 21.5 Å². The van der Waals surface area contributed by atoms with Crippen molar-refractivity contribution in [1.82, 2.24) is 0 Å². The van der Waals surface area contributed by atoms with Crippen LogP contribution in [-0.4, -0.2) is 56.9 Å². The van der Waals surface area contributed by atoms with E-state index in [4.69, 9.17) is 23.7 Å². The number of esters is 1. The summed E-state index contributed by atoms with van der Waals surface area (Å²) in [4.78, 5) is 15.5. The van der Waals surface area contributed by atoms with Crippen LogP contribution in [-0.2, 0) is 14.3 Å². The molecular weight excluding hydrogens is 266 g/mol. The first kappa shape index (κ1) is 16.4. The average Bonchev–Trinajstić information content (AvgIpc) is 2.89. The van der Waals surface area contributed by atoms with Crippen molar-refractivity contribution >= 4 is 12.2 Å². The molecule has 20 heavy (non-hydrogen) atoms. The highest BCUT2D eigenvalue weighted by Crippen LogP contribution is 2.15. The van der Waals surface area contributed by atoms with Crippen molar-refractivity contribution in [2.45, 2.75) is 13.0 Å². The molecule has 7 nitrogen and oxygen atoms in total. The Morgan fingerprint density at radius 1 is 1.50 bits per heavy atom. The maximum absolute atomic E-state index is 11.4. The lowest BCUT2D eigenvalue weighted by atomic mass is 10.4. The first-order valence-corrected chi connectivity index (χ1v) is 6.20. The fourth-order valence-electron chi connectivity index (χ4n) is 1.18. The van der Waals surface area contributed by atoms with Gasteiger partial charge in [-0.25, -0.2) is 4.79 Å². The fraction of sp³-hybridized carbons (Fsp3) is 0.538. The second-order valence-electron chi connectivity index (χ2n) is 3.83. The highest BCUT2D eigenvalue weighted by Gasteiger charge is 2.15. The first-order valence-electron chi connectivity index (χ1n) is 6.20. The average molecular weight is 285 g/mol. The lowest BCUT2D eigenvalue weighted by molar-refractivity contribution is -0.145. The molecule has 1 N–H and O–H groups in total. The molecule has 0 aliphatic carbocycles. The van der Waals surface area contributed by atoms with Crippen molar-refractivity contribution in [3.05, 3.63) is 17.9 Å². The summed E-state index contributed by atoms with van der Waals surface area (Å²) < 4.78 is 20.1. The number of hydrogen-bond acceptors (Lipinski definition) is 7. The number of aliphatic imine (C=N–C) groups is 1. The van der Waals surface area contributed by atoms with E-state index in [0.717, 1.165) is 0 Å². The van der Waals surface area contributed by atoms with E-state index in [2.05, 4.69) is 4.99 Å². The predicted octanol–water partition coefficient (Wildman–Crippen LogP) is 0.648. The summed E-state index contributed by atoms with van der Waals surface area (Å²) in [6.07, 6.45) is 0.861.